The van der Waals surface area contributed by atoms with Gasteiger partial charge in [0.25, 0.3) is 6.43 Å². The summed E-state index contributed by atoms with van der Waals surface area (Å²) in [5, 5.41) is 12.2. The average Bonchev–Trinajstić information content (AvgIpc) is 3.50. The molecule has 2 fully saturated rings. The van der Waals surface area contributed by atoms with Gasteiger partial charge in [0, 0.05) is 31.3 Å². The fraction of sp³-hybridized carbons (Fsp3) is 0.391. The first kappa shape index (κ1) is 23.7. The zero-order chi connectivity index (χ0) is 24.7. The van der Waals surface area contributed by atoms with Crippen molar-refractivity contribution >= 4 is 40.4 Å². The molecule has 0 aliphatic carbocycles. The van der Waals surface area contributed by atoms with Crippen LogP contribution < -0.4 is 14.5 Å². The number of rotatable bonds is 7. The van der Waals surface area contributed by atoms with Crippen LogP contribution in [0.3, 0.4) is 0 Å². The summed E-state index contributed by atoms with van der Waals surface area (Å²) in [5.74, 6) is -1.25. The molecule has 0 bridgehead atoms. The standard InChI is InChI=1S/C23H22ClF2N5O3S/c1-12-4-5-30(12)16-7-13(24)10-27-22(16)34-14-8-17(23(32)33)31(11-14)19-9-15(18-3-2-6-35-18)28-21(29-19)20(25)26/h2-3,6-7,9-10,12,14,17,20H,4-5,8,11H2,1H3,(H,32,33)/t12-,14-,17-/m0/s1. The molecule has 0 unspecified atom stereocenters. The molecule has 0 saturated carbocycles. The smallest absolute Gasteiger partial charge is 0.326 e. The first-order valence-corrected chi connectivity index (χ1v) is 12.3. The summed E-state index contributed by atoms with van der Waals surface area (Å²) in [4.78, 5) is 28.7. The van der Waals surface area contributed by atoms with Gasteiger partial charge in [-0.2, -0.15) is 0 Å². The third-order valence-corrected chi connectivity index (χ3v) is 7.35. The summed E-state index contributed by atoms with van der Waals surface area (Å²) in [5.41, 5.74) is 1.07. The van der Waals surface area contributed by atoms with Crippen molar-refractivity contribution in [2.45, 2.75) is 44.4 Å². The van der Waals surface area contributed by atoms with Crippen molar-refractivity contribution in [2.75, 3.05) is 22.9 Å². The maximum Gasteiger partial charge on any atom is 0.326 e. The second-order valence-corrected chi connectivity index (χ2v) is 9.92. The van der Waals surface area contributed by atoms with Gasteiger partial charge in [0.15, 0.2) is 5.82 Å². The molecule has 0 aromatic carbocycles. The van der Waals surface area contributed by atoms with Gasteiger partial charge in [-0.15, -0.1) is 11.3 Å². The molecule has 0 radical (unpaired) electrons. The van der Waals surface area contributed by atoms with E-state index >= 15 is 0 Å². The lowest BCUT2D eigenvalue weighted by atomic mass is 10.0. The van der Waals surface area contributed by atoms with Crippen LogP contribution in [0.15, 0.2) is 35.8 Å². The highest BCUT2D eigenvalue weighted by Crippen LogP contribution is 2.37. The van der Waals surface area contributed by atoms with Gasteiger partial charge in [-0.3, -0.25) is 0 Å². The minimum Gasteiger partial charge on any atom is -0.480 e. The Kier molecular flexibility index (Phi) is 6.45. The van der Waals surface area contributed by atoms with E-state index in [1.807, 2.05) is 5.38 Å². The van der Waals surface area contributed by atoms with Gasteiger partial charge in [-0.1, -0.05) is 17.7 Å². The topological polar surface area (TPSA) is 91.7 Å². The number of hydrogen-bond acceptors (Lipinski definition) is 8. The number of alkyl halides is 2. The summed E-state index contributed by atoms with van der Waals surface area (Å²) in [6, 6.07) is 6.20. The third-order valence-electron chi connectivity index (χ3n) is 6.25. The Morgan fingerprint density at radius 3 is 2.77 bits per heavy atom. The maximum atomic E-state index is 13.6. The molecule has 3 aromatic rings. The number of aliphatic carboxylic acids is 1. The minimum atomic E-state index is -2.90. The van der Waals surface area contributed by atoms with Crippen LogP contribution in [0.1, 0.15) is 32.0 Å². The van der Waals surface area contributed by atoms with Crippen LogP contribution in [-0.2, 0) is 4.79 Å². The molecule has 5 rings (SSSR count). The number of nitrogens with zero attached hydrogens (tertiary/aromatic N) is 5. The van der Waals surface area contributed by atoms with Crippen molar-refractivity contribution in [1.29, 1.82) is 0 Å². The molecule has 2 aliphatic rings. The Morgan fingerprint density at radius 1 is 1.31 bits per heavy atom. The summed E-state index contributed by atoms with van der Waals surface area (Å²) in [6.45, 7) is 3.07. The Labute approximate surface area is 209 Å². The number of ether oxygens (including phenoxy) is 1. The van der Waals surface area contributed by atoms with Crippen molar-refractivity contribution < 1.29 is 23.4 Å². The lowest BCUT2D eigenvalue weighted by molar-refractivity contribution is -0.138. The van der Waals surface area contributed by atoms with E-state index in [4.69, 9.17) is 16.3 Å². The van der Waals surface area contributed by atoms with Gasteiger partial charge in [0.2, 0.25) is 5.88 Å². The highest BCUT2D eigenvalue weighted by molar-refractivity contribution is 7.13. The number of halogens is 3. The second-order valence-electron chi connectivity index (χ2n) is 8.54. The van der Waals surface area contributed by atoms with Gasteiger partial charge in [0.1, 0.15) is 23.7 Å². The van der Waals surface area contributed by atoms with Crippen molar-refractivity contribution in [3.63, 3.8) is 0 Å². The van der Waals surface area contributed by atoms with E-state index in [1.54, 1.807) is 24.3 Å². The largest absolute Gasteiger partial charge is 0.480 e. The Morgan fingerprint density at radius 2 is 2.14 bits per heavy atom. The Bertz CT molecular complexity index is 1230. The average molecular weight is 522 g/mol. The van der Waals surface area contributed by atoms with Crippen LogP contribution in [0.4, 0.5) is 20.3 Å². The van der Waals surface area contributed by atoms with Gasteiger partial charge < -0.3 is 19.6 Å². The molecule has 8 nitrogen and oxygen atoms in total. The first-order chi connectivity index (χ1) is 16.8. The molecule has 3 aromatic heterocycles. The molecule has 0 amide bonds. The summed E-state index contributed by atoms with van der Waals surface area (Å²) in [7, 11) is 0. The number of thiophene rings is 1. The number of anilines is 2. The highest BCUT2D eigenvalue weighted by Gasteiger charge is 2.40. The number of pyridine rings is 1. The number of aromatic nitrogens is 3. The number of hydrogen-bond donors (Lipinski definition) is 1. The molecule has 0 spiro atoms. The molecular formula is C23H22ClF2N5O3S. The van der Waals surface area contributed by atoms with E-state index in [-0.39, 0.29) is 18.8 Å². The van der Waals surface area contributed by atoms with E-state index in [9.17, 15) is 18.7 Å². The van der Waals surface area contributed by atoms with E-state index in [2.05, 4.69) is 26.8 Å². The van der Waals surface area contributed by atoms with Gasteiger partial charge in [-0.05, 0) is 30.9 Å². The van der Waals surface area contributed by atoms with Gasteiger partial charge in [-0.25, -0.2) is 28.5 Å². The number of carboxylic acid groups (broad SMARTS) is 1. The predicted octanol–water partition coefficient (Wildman–Crippen LogP) is 4.90. The maximum absolute atomic E-state index is 13.6. The molecule has 2 saturated heterocycles. The minimum absolute atomic E-state index is 0.123. The summed E-state index contributed by atoms with van der Waals surface area (Å²) < 4.78 is 33.4. The van der Waals surface area contributed by atoms with Gasteiger partial charge >= 0.3 is 5.97 Å². The monoisotopic (exact) mass is 521 g/mol. The normalized spacial score (nSPS) is 21.9. The zero-order valence-electron chi connectivity index (χ0n) is 18.6. The van der Waals surface area contributed by atoms with Crippen molar-refractivity contribution in [2.24, 2.45) is 0 Å². The molecule has 3 atom stereocenters. The SMILES string of the molecule is C[C@H]1CCN1c1cc(Cl)cnc1O[C@H]1C[C@@H](C(=O)O)N(c2cc(-c3cccs3)nc(C(F)F)n2)C1. The summed E-state index contributed by atoms with van der Waals surface area (Å²) in [6.07, 6.45) is -0.784. The van der Waals surface area contributed by atoms with Crippen LogP contribution >= 0.6 is 22.9 Å². The Balaban J connectivity index is 1.45. The van der Waals surface area contributed by atoms with Crippen LogP contribution in [0, 0.1) is 0 Å². The van der Waals surface area contributed by atoms with Crippen molar-refractivity contribution in [3.05, 3.63) is 46.7 Å². The van der Waals surface area contributed by atoms with Crippen LogP contribution in [0.5, 0.6) is 5.88 Å². The predicted molar refractivity (Wildman–Crippen MR) is 129 cm³/mol. The van der Waals surface area contributed by atoms with E-state index in [1.165, 1.54) is 22.4 Å². The molecule has 5 heterocycles. The first-order valence-electron chi connectivity index (χ1n) is 11.1. The number of carboxylic acids is 1. The van der Waals surface area contributed by atoms with E-state index in [0.717, 1.165) is 18.7 Å². The molecule has 1 N–H and O–H groups in total. The molecule has 184 valence electrons. The van der Waals surface area contributed by atoms with E-state index < -0.39 is 30.4 Å². The lowest BCUT2D eigenvalue weighted by Crippen LogP contribution is -2.46. The van der Waals surface area contributed by atoms with Crippen molar-refractivity contribution in [1.82, 2.24) is 15.0 Å². The molecule has 2 aliphatic heterocycles. The third kappa shape index (κ3) is 4.74. The van der Waals surface area contributed by atoms with E-state index in [0.29, 0.717) is 27.5 Å². The van der Waals surface area contributed by atoms with Gasteiger partial charge in [0.05, 0.1) is 22.1 Å². The fourth-order valence-electron chi connectivity index (χ4n) is 4.36. The van der Waals surface area contributed by atoms with Crippen LogP contribution in [-0.4, -0.2) is 57.3 Å². The molecular weight excluding hydrogens is 500 g/mol. The molecule has 35 heavy (non-hydrogen) atoms. The zero-order valence-corrected chi connectivity index (χ0v) is 20.2. The quantitative estimate of drug-likeness (QED) is 0.469. The number of carbonyl (C=O) groups is 1. The summed E-state index contributed by atoms with van der Waals surface area (Å²) >= 11 is 7.52. The molecule has 12 heteroatoms. The highest BCUT2D eigenvalue weighted by atomic mass is 35.5. The lowest BCUT2D eigenvalue weighted by Gasteiger charge is -2.41. The second kappa shape index (κ2) is 9.54. The fourth-order valence-corrected chi connectivity index (χ4v) is 5.20. The Hall–Kier alpha value is -3.05. The van der Waals surface area contributed by atoms with Crippen molar-refractivity contribution in [3.8, 4) is 16.5 Å². The van der Waals surface area contributed by atoms with Crippen LogP contribution in [0.25, 0.3) is 10.6 Å². The van der Waals surface area contributed by atoms with Crippen LogP contribution in [0.2, 0.25) is 5.02 Å².